The standard InChI is InChI=1S/C22H23N5O2S/c1-14-12-19(25-20(28)23-16-9-7-15(8-10-16)22(2,3)4)27(26-14)21-24-17(13-30-21)18-6-5-11-29-18/h5-13H,1-4H3,(H2,23,25,28). The molecular weight excluding hydrogens is 398 g/mol. The van der Waals surface area contributed by atoms with Crippen molar-refractivity contribution in [1.82, 2.24) is 14.8 Å². The average Bonchev–Trinajstić information content (AvgIpc) is 3.41. The molecule has 0 spiro atoms. The molecule has 0 unspecified atom stereocenters. The number of carbonyl (C=O) groups is 1. The lowest BCUT2D eigenvalue weighted by molar-refractivity contribution is 0.262. The van der Waals surface area contributed by atoms with E-state index in [0.29, 0.717) is 16.7 Å². The number of hydrogen-bond donors (Lipinski definition) is 2. The van der Waals surface area contributed by atoms with Crippen molar-refractivity contribution in [2.24, 2.45) is 0 Å². The molecule has 0 bridgehead atoms. The second-order valence-electron chi connectivity index (χ2n) is 7.98. The number of urea groups is 1. The van der Waals surface area contributed by atoms with E-state index in [0.717, 1.165) is 17.1 Å². The number of nitrogens with one attached hydrogen (secondary N) is 2. The highest BCUT2D eigenvalue weighted by Crippen LogP contribution is 2.27. The summed E-state index contributed by atoms with van der Waals surface area (Å²) in [5.41, 5.74) is 3.49. The monoisotopic (exact) mass is 421 g/mol. The van der Waals surface area contributed by atoms with Crippen LogP contribution in [0.1, 0.15) is 32.0 Å². The highest BCUT2D eigenvalue weighted by atomic mass is 32.1. The number of rotatable bonds is 4. The number of benzene rings is 1. The van der Waals surface area contributed by atoms with E-state index in [-0.39, 0.29) is 11.4 Å². The summed E-state index contributed by atoms with van der Waals surface area (Å²) in [6.45, 7) is 8.33. The summed E-state index contributed by atoms with van der Waals surface area (Å²) in [5.74, 6) is 1.23. The van der Waals surface area contributed by atoms with Gasteiger partial charge in [0.1, 0.15) is 11.5 Å². The van der Waals surface area contributed by atoms with Crippen molar-refractivity contribution < 1.29 is 9.21 Å². The molecule has 0 radical (unpaired) electrons. The van der Waals surface area contributed by atoms with Gasteiger partial charge >= 0.3 is 6.03 Å². The van der Waals surface area contributed by atoms with Gasteiger partial charge in [-0.2, -0.15) is 9.78 Å². The van der Waals surface area contributed by atoms with Gasteiger partial charge in [-0.3, -0.25) is 5.32 Å². The van der Waals surface area contributed by atoms with E-state index in [4.69, 9.17) is 4.42 Å². The van der Waals surface area contributed by atoms with E-state index in [1.807, 2.05) is 48.7 Å². The van der Waals surface area contributed by atoms with Gasteiger partial charge in [0.05, 0.1) is 12.0 Å². The first-order valence-electron chi connectivity index (χ1n) is 9.54. The Labute approximate surface area is 178 Å². The second-order valence-corrected chi connectivity index (χ2v) is 8.82. The molecule has 0 aliphatic rings. The van der Waals surface area contributed by atoms with Gasteiger partial charge < -0.3 is 9.73 Å². The molecule has 7 nitrogen and oxygen atoms in total. The predicted octanol–water partition coefficient (Wildman–Crippen LogP) is 5.84. The minimum atomic E-state index is -0.345. The molecule has 4 aromatic rings. The number of hydrogen-bond acceptors (Lipinski definition) is 5. The van der Waals surface area contributed by atoms with E-state index in [2.05, 4.69) is 41.5 Å². The number of furan rings is 1. The summed E-state index contributed by atoms with van der Waals surface area (Å²) in [7, 11) is 0. The second kappa shape index (κ2) is 7.79. The molecule has 1 aromatic carbocycles. The third-order valence-corrected chi connectivity index (χ3v) is 5.34. The van der Waals surface area contributed by atoms with Gasteiger partial charge in [0.25, 0.3) is 0 Å². The van der Waals surface area contributed by atoms with Crippen LogP contribution in [-0.4, -0.2) is 20.8 Å². The van der Waals surface area contributed by atoms with Crippen molar-refractivity contribution >= 4 is 28.9 Å². The number of aryl methyl sites for hydroxylation is 1. The fourth-order valence-electron chi connectivity index (χ4n) is 2.97. The van der Waals surface area contributed by atoms with Gasteiger partial charge in [0.15, 0.2) is 5.76 Å². The minimum absolute atomic E-state index is 0.0625. The molecule has 4 rings (SSSR count). The van der Waals surface area contributed by atoms with Gasteiger partial charge in [-0.25, -0.2) is 9.78 Å². The lowest BCUT2D eigenvalue weighted by Crippen LogP contribution is -2.21. The Morgan fingerprint density at radius 3 is 2.57 bits per heavy atom. The maximum absolute atomic E-state index is 12.6. The molecule has 30 heavy (non-hydrogen) atoms. The number of aromatic nitrogens is 3. The Morgan fingerprint density at radius 1 is 1.13 bits per heavy atom. The Balaban J connectivity index is 1.50. The summed E-state index contributed by atoms with van der Waals surface area (Å²) in [4.78, 5) is 17.1. The van der Waals surface area contributed by atoms with Gasteiger partial charge in [-0.1, -0.05) is 32.9 Å². The maximum atomic E-state index is 12.6. The number of amides is 2. The number of nitrogens with zero attached hydrogens (tertiary/aromatic N) is 3. The van der Waals surface area contributed by atoms with Gasteiger partial charge in [-0.05, 0) is 42.2 Å². The van der Waals surface area contributed by atoms with Crippen molar-refractivity contribution in [1.29, 1.82) is 0 Å². The van der Waals surface area contributed by atoms with E-state index in [1.165, 1.54) is 16.9 Å². The van der Waals surface area contributed by atoms with Crippen LogP contribution < -0.4 is 10.6 Å². The zero-order valence-corrected chi connectivity index (χ0v) is 18.1. The third kappa shape index (κ3) is 4.28. The van der Waals surface area contributed by atoms with Crippen molar-refractivity contribution in [2.45, 2.75) is 33.1 Å². The van der Waals surface area contributed by atoms with Gasteiger partial charge in [-0.15, -0.1) is 11.3 Å². The summed E-state index contributed by atoms with van der Waals surface area (Å²) < 4.78 is 7.02. The summed E-state index contributed by atoms with van der Waals surface area (Å²) in [5, 5.41) is 12.7. The molecule has 154 valence electrons. The van der Waals surface area contributed by atoms with E-state index < -0.39 is 0 Å². The van der Waals surface area contributed by atoms with E-state index in [1.54, 1.807) is 17.0 Å². The highest BCUT2D eigenvalue weighted by Gasteiger charge is 2.16. The smallest absolute Gasteiger partial charge is 0.324 e. The Hall–Kier alpha value is -3.39. The fourth-order valence-corrected chi connectivity index (χ4v) is 3.74. The van der Waals surface area contributed by atoms with E-state index in [9.17, 15) is 4.79 Å². The SMILES string of the molecule is Cc1cc(NC(=O)Nc2ccc(C(C)(C)C)cc2)n(-c2nc(-c3ccco3)cs2)n1. The molecule has 3 heterocycles. The first-order chi connectivity index (χ1) is 14.3. The van der Waals surface area contributed by atoms with E-state index >= 15 is 0 Å². The van der Waals surface area contributed by atoms with Crippen molar-refractivity contribution in [3.05, 3.63) is 65.4 Å². The lowest BCUT2D eigenvalue weighted by atomic mass is 9.87. The summed E-state index contributed by atoms with van der Waals surface area (Å²) in [6, 6.07) is 13.0. The molecule has 2 N–H and O–H groups in total. The molecule has 0 saturated heterocycles. The maximum Gasteiger partial charge on any atom is 0.324 e. The van der Waals surface area contributed by atoms with Crippen molar-refractivity contribution in [3.8, 4) is 16.6 Å². The van der Waals surface area contributed by atoms with Crippen LogP contribution in [-0.2, 0) is 5.41 Å². The van der Waals surface area contributed by atoms with Crippen LogP contribution in [0.4, 0.5) is 16.3 Å². The zero-order chi connectivity index (χ0) is 21.3. The van der Waals surface area contributed by atoms with Gasteiger partial charge in [0, 0.05) is 17.1 Å². The zero-order valence-electron chi connectivity index (χ0n) is 17.3. The van der Waals surface area contributed by atoms with Crippen LogP contribution >= 0.6 is 11.3 Å². The topological polar surface area (TPSA) is 85.0 Å². The number of carbonyl (C=O) groups excluding carboxylic acids is 1. The number of anilines is 2. The molecule has 2 amide bonds. The largest absolute Gasteiger partial charge is 0.463 e. The first kappa shape index (κ1) is 19.9. The molecule has 3 aromatic heterocycles. The molecule has 0 aliphatic heterocycles. The van der Waals surface area contributed by atoms with Crippen LogP contribution in [0.5, 0.6) is 0 Å². The van der Waals surface area contributed by atoms with Gasteiger partial charge in [0.2, 0.25) is 5.13 Å². The molecule has 0 saturated carbocycles. The predicted molar refractivity (Wildman–Crippen MR) is 119 cm³/mol. The minimum Gasteiger partial charge on any atom is -0.463 e. The molecular formula is C22H23N5O2S. The van der Waals surface area contributed by atoms with Crippen LogP contribution in [0, 0.1) is 6.92 Å². The molecule has 0 aliphatic carbocycles. The van der Waals surface area contributed by atoms with Crippen molar-refractivity contribution in [3.63, 3.8) is 0 Å². The van der Waals surface area contributed by atoms with Crippen LogP contribution in [0.2, 0.25) is 0 Å². The lowest BCUT2D eigenvalue weighted by Gasteiger charge is -2.19. The quantitative estimate of drug-likeness (QED) is 0.433. The normalized spacial score (nSPS) is 11.5. The molecule has 0 fully saturated rings. The Kier molecular flexibility index (Phi) is 5.17. The van der Waals surface area contributed by atoms with Crippen molar-refractivity contribution in [2.75, 3.05) is 10.6 Å². The summed E-state index contributed by atoms with van der Waals surface area (Å²) >= 11 is 1.42. The Morgan fingerprint density at radius 2 is 1.90 bits per heavy atom. The molecule has 8 heteroatoms. The first-order valence-corrected chi connectivity index (χ1v) is 10.4. The van der Waals surface area contributed by atoms with Crippen LogP contribution in [0.15, 0.2) is 58.5 Å². The number of thiazole rings is 1. The molecule has 0 atom stereocenters. The Bertz CT molecular complexity index is 1150. The third-order valence-electron chi connectivity index (χ3n) is 4.53. The van der Waals surface area contributed by atoms with Crippen LogP contribution in [0.25, 0.3) is 16.6 Å². The fraction of sp³-hybridized carbons (Fsp3) is 0.227. The highest BCUT2D eigenvalue weighted by molar-refractivity contribution is 7.12. The van der Waals surface area contributed by atoms with Crippen LogP contribution in [0.3, 0.4) is 0 Å². The average molecular weight is 422 g/mol. The summed E-state index contributed by atoms with van der Waals surface area (Å²) in [6.07, 6.45) is 1.61.